The predicted molar refractivity (Wildman–Crippen MR) is 326 cm³/mol. The minimum atomic E-state index is -4.17. The number of nitrogens with one attached hydrogen (secondary N) is 5. The number of aliphatic hydroxyl groups is 1. The molecule has 0 radical (unpaired) electrons. The van der Waals surface area contributed by atoms with Gasteiger partial charge in [0, 0.05) is 61.9 Å². The average molecular weight is 1230 g/mol. The first-order valence-electron chi connectivity index (χ1n) is 30.5. The van der Waals surface area contributed by atoms with Crippen LogP contribution in [-0.2, 0) is 60.6 Å². The van der Waals surface area contributed by atoms with E-state index in [-0.39, 0.29) is 99.5 Å². The molecule has 4 fully saturated rings. The van der Waals surface area contributed by atoms with Gasteiger partial charge in [0.25, 0.3) is 5.52 Å². The average Bonchev–Trinajstić information content (AvgIpc) is 1.84. The number of aryl methyl sites for hydroxylation is 1. The smallest absolute Gasteiger partial charge is 0.373 e. The lowest BCUT2D eigenvalue weighted by Gasteiger charge is -2.40. The second kappa shape index (κ2) is 27.5. The number of carbonyl (C=O) groups is 8. The minimum absolute atomic E-state index is 0.0231. The van der Waals surface area contributed by atoms with Gasteiger partial charge in [0.2, 0.25) is 41.4 Å². The fourth-order valence-electron chi connectivity index (χ4n) is 13.2. The minimum Gasteiger partial charge on any atom is -0.373 e. The Morgan fingerprint density at radius 2 is 1.47 bits per heavy atom. The number of nitrogens with zero attached hydrogens (tertiary/aromatic N) is 4. The second-order valence-corrected chi connectivity index (χ2v) is 25.5. The summed E-state index contributed by atoms with van der Waals surface area (Å²) in [6.45, 7) is 3.23. The van der Waals surface area contributed by atoms with E-state index < -0.39 is 85.1 Å². The van der Waals surface area contributed by atoms with Crippen molar-refractivity contribution < 1.29 is 57.1 Å². The molecule has 88 heavy (non-hydrogen) atoms. The summed E-state index contributed by atoms with van der Waals surface area (Å²) in [5.74, 6) is -3.05. The molecule has 466 valence electrons. The molecule has 0 bridgehead atoms. The van der Waals surface area contributed by atoms with Crippen molar-refractivity contribution in [3.8, 4) is 0 Å². The van der Waals surface area contributed by atoms with Gasteiger partial charge in [-0.2, -0.15) is 0 Å². The molecule has 6 atom stereocenters. The highest BCUT2D eigenvalue weighted by Crippen LogP contribution is 2.51. The quantitative estimate of drug-likeness (QED) is 0.0225. The van der Waals surface area contributed by atoms with E-state index in [4.69, 9.17) is 14.8 Å². The van der Waals surface area contributed by atoms with Gasteiger partial charge in [0.05, 0.1) is 36.0 Å². The van der Waals surface area contributed by atoms with E-state index in [9.17, 15) is 48.0 Å². The number of H-pyrrole nitrogens is 1. The molecule has 5 heterocycles. The van der Waals surface area contributed by atoms with E-state index in [2.05, 4.69) is 26.3 Å². The number of benzene rings is 4. The lowest BCUT2D eigenvalue weighted by atomic mass is 9.78. The SMILES string of the molecule is CCOP(=O)(OCC)C(=O)c1ccc2[nH]c(C(O)N[C@H]3CN(C(=O)C[C@H]4CC[C@@H](Cc5ccc6c(c5)n(C)c(=O)n6[C@H]5CCC(=O)NC5=O)CC4)CC[C@H]4CC[C@@H](C(=O)N[C@@H](CCC(N)=O)C(=O)NC(c5ccccc5)c5ccccc5)N4C3=O)cc2c1. The molecule has 4 aliphatic rings. The Kier molecular flexibility index (Phi) is 19.7. The summed E-state index contributed by atoms with van der Waals surface area (Å²) < 4.78 is 27.1. The fraction of sp³-hybridized carbons (Fsp3) is 0.453. The van der Waals surface area contributed by atoms with Crippen molar-refractivity contribution in [2.45, 2.75) is 140 Å². The van der Waals surface area contributed by atoms with Crippen LogP contribution in [0.4, 0.5) is 0 Å². The number of carbonyl (C=O) groups excluding carboxylic acids is 8. The lowest BCUT2D eigenvalue weighted by molar-refractivity contribution is -0.147. The monoisotopic (exact) mass is 1220 g/mol. The maximum atomic E-state index is 15.3. The normalized spacial score (nSPS) is 21.6. The Hall–Kier alpha value is -8.08. The molecule has 4 aromatic carbocycles. The van der Waals surface area contributed by atoms with Gasteiger partial charge in [-0.05, 0) is 143 Å². The molecule has 7 amide bonds. The van der Waals surface area contributed by atoms with Crippen LogP contribution >= 0.6 is 7.60 Å². The Balaban J connectivity index is 0.854. The number of aromatic amines is 1. The van der Waals surface area contributed by atoms with Gasteiger partial charge in [-0.3, -0.25) is 62.7 Å². The van der Waals surface area contributed by atoms with Gasteiger partial charge >= 0.3 is 13.3 Å². The molecule has 3 saturated heterocycles. The highest BCUT2D eigenvalue weighted by Gasteiger charge is 2.47. The molecule has 0 spiro atoms. The van der Waals surface area contributed by atoms with Crippen LogP contribution in [-0.4, -0.2) is 126 Å². The number of piperidine rings is 1. The number of aromatic nitrogens is 3. The number of aliphatic hydroxyl groups excluding tert-OH is 1. The number of hydrogen-bond acceptors (Lipinski definition) is 14. The van der Waals surface area contributed by atoms with E-state index in [0.29, 0.717) is 40.7 Å². The van der Waals surface area contributed by atoms with Gasteiger partial charge in [-0.15, -0.1) is 0 Å². The molecular weight excluding hydrogens is 1150 g/mol. The summed E-state index contributed by atoms with van der Waals surface area (Å²) in [5, 5.41) is 23.9. The molecule has 3 aliphatic heterocycles. The van der Waals surface area contributed by atoms with Gasteiger partial charge in [-0.25, -0.2) is 4.79 Å². The van der Waals surface area contributed by atoms with Crippen LogP contribution < -0.4 is 32.7 Å². The van der Waals surface area contributed by atoms with E-state index >= 15 is 4.79 Å². The molecule has 2 aromatic heterocycles. The first-order valence-corrected chi connectivity index (χ1v) is 32.0. The third-order valence-electron chi connectivity index (χ3n) is 17.7. The molecule has 6 aromatic rings. The summed E-state index contributed by atoms with van der Waals surface area (Å²) in [4.78, 5) is 129. The lowest BCUT2D eigenvalue weighted by Crippen LogP contribution is -2.61. The number of primary amides is 1. The summed E-state index contributed by atoms with van der Waals surface area (Å²) >= 11 is 0. The summed E-state index contributed by atoms with van der Waals surface area (Å²) in [7, 11) is -2.49. The van der Waals surface area contributed by atoms with Crippen molar-refractivity contribution in [1.29, 1.82) is 0 Å². The second-order valence-electron chi connectivity index (χ2n) is 23.5. The number of imidazole rings is 1. The molecule has 8 N–H and O–H groups in total. The van der Waals surface area contributed by atoms with Crippen molar-refractivity contribution >= 4 is 76.4 Å². The maximum absolute atomic E-state index is 15.3. The zero-order valence-electron chi connectivity index (χ0n) is 49.7. The molecule has 23 nitrogen and oxygen atoms in total. The Bertz CT molecular complexity index is 3660. The summed E-state index contributed by atoms with van der Waals surface area (Å²) in [6, 6.07) is 25.1. The number of nitrogens with two attached hydrogens (primary N) is 1. The third-order valence-corrected chi connectivity index (χ3v) is 19.7. The van der Waals surface area contributed by atoms with Crippen molar-refractivity contribution in [3.63, 3.8) is 0 Å². The molecular formula is C64H77N10O13P. The largest absolute Gasteiger partial charge is 0.401 e. The van der Waals surface area contributed by atoms with E-state index in [0.717, 1.165) is 48.8 Å². The zero-order valence-corrected chi connectivity index (χ0v) is 50.6. The number of hydrogen-bond donors (Lipinski definition) is 7. The molecule has 1 aliphatic carbocycles. The fourth-order valence-corrected chi connectivity index (χ4v) is 14.6. The van der Waals surface area contributed by atoms with Crippen molar-refractivity contribution in [1.82, 2.24) is 45.2 Å². The van der Waals surface area contributed by atoms with Crippen molar-refractivity contribution in [3.05, 3.63) is 142 Å². The summed E-state index contributed by atoms with van der Waals surface area (Å²) in [5.41, 5.74) is 9.13. The third kappa shape index (κ3) is 13.9. The number of rotatable bonds is 23. The number of imide groups is 1. The maximum Gasteiger partial charge on any atom is 0.401 e. The summed E-state index contributed by atoms with van der Waals surface area (Å²) in [6.07, 6.45) is 3.70. The van der Waals surface area contributed by atoms with Crippen LogP contribution in [0, 0.1) is 11.8 Å². The standard InChI is InChI=1S/C64H77N10O13P/c1-4-86-88(85,87-5-2)63(83)43-21-23-46-44(35-43)36-48(66-46)59(79)68-49-37-72(56(77)34-39-18-16-38(17-19-39)32-40-20-25-50-53(33-40)71(3)64(84)74(50)52-27-29-55(76)69-61(52)81)31-30-45-22-26-51(73(45)62(49)82)60(80)67-47(24-28-54(65)75)58(78)70-57(41-12-8-6-9-13-41)42-14-10-7-11-15-42/h6-15,20-21,23,25,33,35-36,38-39,45,47,49,51-52,57,59,66,68,79H,4-5,16-19,22,24,26-32,34,37H2,1-3H3,(H2,65,75)(H,67,80)(H,70,78)(H,69,76,81)/t38-,39+,45-,47+,49+,51+,52+,59?/m1/s1. The van der Waals surface area contributed by atoms with Gasteiger partial charge in [-0.1, -0.05) is 66.7 Å². The van der Waals surface area contributed by atoms with Crippen LogP contribution in [0.1, 0.15) is 142 Å². The Morgan fingerprint density at radius 3 is 2.12 bits per heavy atom. The van der Waals surface area contributed by atoms with Gasteiger partial charge in [0.15, 0.2) is 0 Å². The van der Waals surface area contributed by atoms with Crippen LogP contribution in [0.15, 0.2) is 108 Å². The predicted octanol–water partition coefficient (Wildman–Crippen LogP) is 5.84. The van der Waals surface area contributed by atoms with Crippen LogP contribution in [0.5, 0.6) is 0 Å². The van der Waals surface area contributed by atoms with Crippen molar-refractivity contribution in [2.75, 3.05) is 26.3 Å². The van der Waals surface area contributed by atoms with Crippen LogP contribution in [0.25, 0.3) is 21.9 Å². The first kappa shape index (κ1) is 63.0. The molecule has 10 rings (SSSR count). The van der Waals surface area contributed by atoms with Gasteiger partial charge in [0.1, 0.15) is 30.4 Å². The number of amides is 7. The van der Waals surface area contributed by atoms with Crippen LogP contribution in [0.2, 0.25) is 0 Å². The molecule has 24 heteroatoms. The van der Waals surface area contributed by atoms with Gasteiger partial charge < -0.3 is 45.3 Å². The van der Waals surface area contributed by atoms with E-state index in [1.807, 2.05) is 78.9 Å². The van der Waals surface area contributed by atoms with Crippen LogP contribution in [0.3, 0.4) is 0 Å². The Labute approximate surface area is 509 Å². The topological polar surface area (TPSA) is 316 Å². The molecule has 1 unspecified atom stereocenters. The zero-order chi connectivity index (χ0) is 62.4. The highest BCUT2D eigenvalue weighted by atomic mass is 31.2. The number of fused-ring (bicyclic) bond motifs is 3. The highest BCUT2D eigenvalue weighted by molar-refractivity contribution is 7.72. The van der Waals surface area contributed by atoms with E-state index in [1.165, 1.54) is 26.2 Å². The van der Waals surface area contributed by atoms with Crippen molar-refractivity contribution in [2.24, 2.45) is 24.6 Å². The first-order chi connectivity index (χ1) is 42.3. The van der Waals surface area contributed by atoms with E-state index in [1.54, 1.807) is 37.9 Å². The molecule has 1 saturated carbocycles. The Morgan fingerprint density at radius 1 is 0.784 bits per heavy atom.